The monoisotopic (exact) mass is 416 g/mol. The van der Waals surface area contributed by atoms with Crippen LogP contribution in [0.2, 0.25) is 5.02 Å². The van der Waals surface area contributed by atoms with Crippen LogP contribution in [0, 0.1) is 6.92 Å². The van der Waals surface area contributed by atoms with Gasteiger partial charge in [-0.1, -0.05) is 47.6 Å². The van der Waals surface area contributed by atoms with Crippen LogP contribution in [0.3, 0.4) is 0 Å². The fraction of sp³-hybridized carbons (Fsp3) is 0.250. The zero-order chi connectivity index (χ0) is 20.1. The van der Waals surface area contributed by atoms with Gasteiger partial charge < -0.3 is 9.73 Å². The van der Waals surface area contributed by atoms with Crippen molar-refractivity contribution in [2.75, 3.05) is 5.75 Å². The number of nitrogens with zero attached hydrogens (tertiary/aromatic N) is 3. The first kappa shape index (κ1) is 20.2. The summed E-state index contributed by atoms with van der Waals surface area (Å²) in [4.78, 5) is 12.4. The maximum atomic E-state index is 12.4. The average molecular weight is 417 g/mol. The first-order valence-corrected chi connectivity index (χ1v) is 10.1. The van der Waals surface area contributed by atoms with Gasteiger partial charge in [-0.05, 0) is 31.5 Å². The quantitative estimate of drug-likeness (QED) is 0.427. The Morgan fingerprint density at radius 1 is 1.39 bits per heavy atom. The van der Waals surface area contributed by atoms with Crippen LogP contribution >= 0.6 is 23.4 Å². The molecule has 0 aliphatic carbocycles. The molecule has 2 aromatic heterocycles. The molecule has 3 rings (SSSR count). The molecule has 2 heterocycles. The molecule has 1 unspecified atom stereocenters. The topological polar surface area (TPSA) is 73.0 Å². The molecule has 0 saturated carbocycles. The van der Waals surface area contributed by atoms with E-state index in [-0.39, 0.29) is 17.7 Å². The van der Waals surface area contributed by atoms with Crippen molar-refractivity contribution < 1.29 is 9.21 Å². The van der Waals surface area contributed by atoms with E-state index in [1.165, 1.54) is 11.8 Å². The van der Waals surface area contributed by atoms with Gasteiger partial charge in [-0.15, -0.1) is 16.8 Å². The van der Waals surface area contributed by atoms with Crippen LogP contribution in [-0.2, 0) is 11.3 Å². The maximum Gasteiger partial charge on any atom is 0.230 e. The fourth-order valence-electron chi connectivity index (χ4n) is 2.82. The van der Waals surface area contributed by atoms with Crippen LogP contribution in [0.25, 0.3) is 11.4 Å². The Kier molecular flexibility index (Phi) is 6.59. The smallest absolute Gasteiger partial charge is 0.230 e. The van der Waals surface area contributed by atoms with Crippen molar-refractivity contribution in [3.05, 3.63) is 65.6 Å². The zero-order valence-electron chi connectivity index (χ0n) is 15.7. The fourth-order valence-corrected chi connectivity index (χ4v) is 3.88. The van der Waals surface area contributed by atoms with Gasteiger partial charge in [-0.3, -0.25) is 9.36 Å². The molecule has 8 heteroatoms. The van der Waals surface area contributed by atoms with Gasteiger partial charge in [0.1, 0.15) is 5.76 Å². The highest BCUT2D eigenvalue weighted by atomic mass is 35.5. The molecular formula is C20H21ClN4O2S. The largest absolute Gasteiger partial charge is 0.469 e. The van der Waals surface area contributed by atoms with E-state index in [1.54, 1.807) is 12.3 Å². The molecule has 0 saturated heterocycles. The minimum absolute atomic E-state index is 0.105. The van der Waals surface area contributed by atoms with Crippen LogP contribution in [-0.4, -0.2) is 26.4 Å². The molecule has 1 N–H and O–H groups in total. The molecule has 0 fully saturated rings. The Labute approximate surface area is 173 Å². The van der Waals surface area contributed by atoms with Gasteiger partial charge in [0.15, 0.2) is 11.0 Å². The first-order chi connectivity index (χ1) is 13.5. The molecule has 0 bridgehead atoms. The highest BCUT2D eigenvalue weighted by Crippen LogP contribution is 2.27. The van der Waals surface area contributed by atoms with Crippen molar-refractivity contribution in [1.29, 1.82) is 0 Å². The number of carbonyl (C=O) groups excluding carboxylic acids is 1. The Morgan fingerprint density at radius 3 is 2.86 bits per heavy atom. The number of hydrogen-bond donors (Lipinski definition) is 1. The van der Waals surface area contributed by atoms with E-state index in [9.17, 15) is 4.79 Å². The Balaban J connectivity index is 1.68. The molecule has 28 heavy (non-hydrogen) atoms. The number of rotatable bonds is 8. The van der Waals surface area contributed by atoms with Crippen molar-refractivity contribution in [3.8, 4) is 11.4 Å². The summed E-state index contributed by atoms with van der Waals surface area (Å²) in [5, 5.41) is 12.8. The van der Waals surface area contributed by atoms with Crippen LogP contribution < -0.4 is 5.32 Å². The van der Waals surface area contributed by atoms with Gasteiger partial charge in [0, 0.05) is 11.6 Å². The second kappa shape index (κ2) is 9.12. The number of thioether (sulfide) groups is 1. The lowest BCUT2D eigenvalue weighted by Gasteiger charge is -2.15. The van der Waals surface area contributed by atoms with Crippen molar-refractivity contribution >= 4 is 29.3 Å². The number of aromatic nitrogens is 3. The van der Waals surface area contributed by atoms with E-state index in [2.05, 4.69) is 22.1 Å². The van der Waals surface area contributed by atoms with Gasteiger partial charge in [-0.2, -0.15) is 0 Å². The van der Waals surface area contributed by atoms with Gasteiger partial charge >= 0.3 is 0 Å². The minimum Gasteiger partial charge on any atom is -0.469 e. The lowest BCUT2D eigenvalue weighted by Crippen LogP contribution is -2.28. The predicted molar refractivity (Wildman–Crippen MR) is 111 cm³/mol. The number of benzene rings is 1. The molecule has 0 radical (unpaired) electrons. The summed E-state index contributed by atoms with van der Waals surface area (Å²) in [5.74, 6) is 1.57. The van der Waals surface area contributed by atoms with Gasteiger partial charge in [0.05, 0.1) is 23.6 Å². The third-order valence-corrected chi connectivity index (χ3v) is 5.52. The summed E-state index contributed by atoms with van der Waals surface area (Å²) >= 11 is 7.53. The van der Waals surface area contributed by atoms with E-state index in [0.717, 1.165) is 16.9 Å². The van der Waals surface area contributed by atoms with Crippen molar-refractivity contribution in [2.45, 2.75) is 31.6 Å². The number of halogens is 1. The Hall–Kier alpha value is -2.51. The highest BCUT2D eigenvalue weighted by molar-refractivity contribution is 7.99. The van der Waals surface area contributed by atoms with Crippen molar-refractivity contribution in [2.24, 2.45) is 0 Å². The number of aryl methyl sites for hydroxylation is 1. The van der Waals surface area contributed by atoms with E-state index in [4.69, 9.17) is 16.0 Å². The third kappa shape index (κ3) is 4.48. The molecule has 146 valence electrons. The summed E-state index contributed by atoms with van der Waals surface area (Å²) in [6.45, 7) is 8.11. The van der Waals surface area contributed by atoms with E-state index in [0.29, 0.717) is 22.5 Å². The number of nitrogens with one attached hydrogen (secondary N) is 1. The number of allylic oxidation sites excluding steroid dienone is 1. The second-order valence-corrected chi connectivity index (χ2v) is 7.55. The molecule has 1 atom stereocenters. The predicted octanol–water partition coefficient (Wildman–Crippen LogP) is 4.66. The summed E-state index contributed by atoms with van der Waals surface area (Å²) in [5.41, 5.74) is 1.76. The summed E-state index contributed by atoms with van der Waals surface area (Å²) in [6, 6.07) is 9.15. The summed E-state index contributed by atoms with van der Waals surface area (Å²) in [7, 11) is 0. The third-order valence-electron chi connectivity index (χ3n) is 4.21. The van der Waals surface area contributed by atoms with Crippen LogP contribution in [0.5, 0.6) is 0 Å². The van der Waals surface area contributed by atoms with Crippen LogP contribution in [0.1, 0.15) is 24.3 Å². The van der Waals surface area contributed by atoms with Crippen molar-refractivity contribution in [1.82, 2.24) is 20.1 Å². The molecule has 6 nitrogen and oxygen atoms in total. The van der Waals surface area contributed by atoms with E-state index >= 15 is 0 Å². The van der Waals surface area contributed by atoms with Crippen LogP contribution in [0.15, 0.2) is 58.8 Å². The lowest BCUT2D eigenvalue weighted by molar-refractivity contribution is -0.119. The number of carbonyl (C=O) groups is 1. The number of amides is 1. The average Bonchev–Trinajstić information content (AvgIpc) is 3.26. The molecule has 1 amide bonds. The standard InChI is InChI=1S/C20H21ClN4O2S/c1-4-10-25-19(16-9-11-27-14(16)3)23-24-20(25)28-12-18(26)22-13(2)15-7-5-6-8-17(15)21/h4-9,11,13H,1,10,12H2,2-3H3,(H,22,26). The van der Waals surface area contributed by atoms with Crippen LogP contribution in [0.4, 0.5) is 0 Å². The highest BCUT2D eigenvalue weighted by Gasteiger charge is 2.18. The minimum atomic E-state index is -0.183. The summed E-state index contributed by atoms with van der Waals surface area (Å²) in [6.07, 6.45) is 3.39. The molecule has 0 spiro atoms. The number of hydrogen-bond acceptors (Lipinski definition) is 5. The van der Waals surface area contributed by atoms with Gasteiger partial charge in [0.2, 0.25) is 5.91 Å². The number of furan rings is 1. The normalized spacial score (nSPS) is 12.0. The Morgan fingerprint density at radius 2 is 2.18 bits per heavy atom. The van der Waals surface area contributed by atoms with E-state index in [1.807, 2.05) is 48.7 Å². The van der Waals surface area contributed by atoms with Gasteiger partial charge in [0.25, 0.3) is 0 Å². The lowest BCUT2D eigenvalue weighted by atomic mass is 10.1. The van der Waals surface area contributed by atoms with Gasteiger partial charge in [-0.25, -0.2) is 0 Å². The molecular weight excluding hydrogens is 396 g/mol. The second-order valence-electron chi connectivity index (χ2n) is 6.20. The maximum absolute atomic E-state index is 12.4. The van der Waals surface area contributed by atoms with Crippen molar-refractivity contribution in [3.63, 3.8) is 0 Å². The molecule has 3 aromatic rings. The SMILES string of the molecule is C=CCn1c(SCC(=O)NC(C)c2ccccc2Cl)nnc1-c1ccoc1C. The summed E-state index contributed by atoms with van der Waals surface area (Å²) < 4.78 is 7.28. The Bertz CT molecular complexity index is 982. The zero-order valence-corrected chi connectivity index (χ0v) is 17.3. The van der Waals surface area contributed by atoms with E-state index < -0.39 is 0 Å². The molecule has 1 aromatic carbocycles. The molecule has 0 aliphatic rings. The molecule has 0 aliphatic heterocycles. The first-order valence-electron chi connectivity index (χ1n) is 8.76.